The van der Waals surface area contributed by atoms with Crippen molar-refractivity contribution in [1.29, 1.82) is 0 Å². The van der Waals surface area contributed by atoms with E-state index in [1.54, 1.807) is 18.9 Å². The number of carbonyl (C=O) groups excluding carboxylic acids is 1. The fraction of sp³-hybridized carbons (Fsp3) is 0.550. The van der Waals surface area contributed by atoms with Crippen molar-refractivity contribution in [3.8, 4) is 5.82 Å². The van der Waals surface area contributed by atoms with Crippen molar-refractivity contribution in [3.05, 3.63) is 41.3 Å². The molecule has 0 unspecified atom stereocenters. The molecular weight excluding hydrogens is 383 g/mol. The molecule has 0 N–H and O–H groups in total. The smallest absolute Gasteiger partial charge is 0.339 e. The summed E-state index contributed by atoms with van der Waals surface area (Å²) in [5.74, 6) is 0.103. The number of carbonyl (C=O) groups is 1. The molecule has 6 nitrogen and oxygen atoms in total. The standard InChI is InChI=1S/C20H26F3N5O/c1-13(2)27-9-7-16(8-10-27)26(4)19(29)17-12-25-28(14(17)3)18-6-5-15(11-24-18)20(21,22)23/h5-6,11-13,16H,7-10H2,1-4H3. The van der Waals surface area contributed by atoms with Crippen LogP contribution in [-0.4, -0.2) is 62.7 Å². The van der Waals surface area contributed by atoms with Gasteiger partial charge in [-0.15, -0.1) is 0 Å². The summed E-state index contributed by atoms with van der Waals surface area (Å²) in [6, 6.07) is 2.86. The Labute approximate surface area is 168 Å². The molecule has 1 amide bonds. The molecule has 1 fully saturated rings. The van der Waals surface area contributed by atoms with E-state index in [-0.39, 0.29) is 17.8 Å². The van der Waals surface area contributed by atoms with Crippen molar-refractivity contribution in [2.45, 2.75) is 51.9 Å². The van der Waals surface area contributed by atoms with Crippen LogP contribution in [0.5, 0.6) is 0 Å². The van der Waals surface area contributed by atoms with Crippen molar-refractivity contribution in [3.63, 3.8) is 0 Å². The highest BCUT2D eigenvalue weighted by Crippen LogP contribution is 2.29. The molecule has 2 aromatic rings. The Morgan fingerprint density at radius 1 is 1.21 bits per heavy atom. The van der Waals surface area contributed by atoms with Gasteiger partial charge in [0, 0.05) is 38.4 Å². The number of aromatic nitrogens is 3. The average molecular weight is 409 g/mol. The van der Waals surface area contributed by atoms with E-state index in [9.17, 15) is 18.0 Å². The Kier molecular flexibility index (Phi) is 5.97. The van der Waals surface area contributed by atoms with Gasteiger partial charge in [0.25, 0.3) is 5.91 Å². The Hall–Kier alpha value is -2.42. The zero-order valence-corrected chi connectivity index (χ0v) is 17.1. The van der Waals surface area contributed by atoms with E-state index in [1.807, 2.05) is 0 Å². The number of nitrogens with zero attached hydrogens (tertiary/aromatic N) is 5. The maximum atomic E-state index is 13.0. The molecule has 0 aliphatic carbocycles. The van der Waals surface area contributed by atoms with Crippen LogP contribution in [0.25, 0.3) is 5.82 Å². The molecule has 1 saturated heterocycles. The lowest BCUT2D eigenvalue weighted by molar-refractivity contribution is -0.137. The Bertz CT molecular complexity index is 852. The lowest BCUT2D eigenvalue weighted by Gasteiger charge is -2.38. The molecule has 0 atom stereocenters. The van der Waals surface area contributed by atoms with E-state index in [1.165, 1.54) is 16.9 Å². The normalized spacial score (nSPS) is 16.4. The molecule has 0 bridgehead atoms. The summed E-state index contributed by atoms with van der Waals surface area (Å²) in [4.78, 5) is 21.0. The summed E-state index contributed by atoms with van der Waals surface area (Å²) in [6.45, 7) is 7.96. The molecular formula is C20H26F3N5O. The van der Waals surface area contributed by atoms with Gasteiger partial charge in [-0.1, -0.05) is 0 Å². The highest BCUT2D eigenvalue weighted by Gasteiger charge is 2.31. The SMILES string of the molecule is Cc1c(C(=O)N(C)C2CCN(C(C)C)CC2)cnn1-c1ccc(C(F)(F)F)cn1. The molecule has 29 heavy (non-hydrogen) atoms. The van der Waals surface area contributed by atoms with Gasteiger partial charge in [0.15, 0.2) is 5.82 Å². The van der Waals surface area contributed by atoms with Gasteiger partial charge >= 0.3 is 6.18 Å². The molecule has 3 heterocycles. The van der Waals surface area contributed by atoms with Crippen LogP contribution < -0.4 is 0 Å². The first-order valence-corrected chi connectivity index (χ1v) is 9.69. The lowest BCUT2D eigenvalue weighted by atomic mass is 10.0. The van der Waals surface area contributed by atoms with Gasteiger partial charge in [0.05, 0.1) is 23.0 Å². The largest absolute Gasteiger partial charge is 0.417 e. The molecule has 9 heteroatoms. The predicted molar refractivity (Wildman–Crippen MR) is 103 cm³/mol. The topological polar surface area (TPSA) is 54.3 Å². The number of piperidine rings is 1. The number of hydrogen-bond acceptors (Lipinski definition) is 4. The summed E-state index contributed by atoms with van der Waals surface area (Å²) in [5, 5.41) is 4.18. The van der Waals surface area contributed by atoms with Crippen LogP contribution in [0.15, 0.2) is 24.5 Å². The first kappa shape index (κ1) is 21.3. The zero-order chi connectivity index (χ0) is 21.3. The highest BCUT2D eigenvalue weighted by atomic mass is 19.4. The minimum Gasteiger partial charge on any atom is -0.339 e. The van der Waals surface area contributed by atoms with E-state index in [4.69, 9.17) is 0 Å². The summed E-state index contributed by atoms with van der Waals surface area (Å²) in [7, 11) is 1.80. The molecule has 2 aromatic heterocycles. The summed E-state index contributed by atoms with van der Waals surface area (Å²) >= 11 is 0. The van der Waals surface area contributed by atoms with Gasteiger partial charge in [0.1, 0.15) is 0 Å². The third-order valence-electron chi connectivity index (χ3n) is 5.63. The summed E-state index contributed by atoms with van der Waals surface area (Å²) < 4.78 is 39.6. The molecule has 1 aliphatic heterocycles. The number of pyridine rings is 1. The third kappa shape index (κ3) is 4.44. The Morgan fingerprint density at radius 2 is 1.86 bits per heavy atom. The fourth-order valence-electron chi connectivity index (χ4n) is 3.67. The fourth-order valence-corrected chi connectivity index (χ4v) is 3.67. The van der Waals surface area contributed by atoms with Crippen LogP contribution in [0.2, 0.25) is 0 Å². The van der Waals surface area contributed by atoms with E-state index >= 15 is 0 Å². The van der Waals surface area contributed by atoms with Crippen LogP contribution in [0, 0.1) is 6.92 Å². The maximum absolute atomic E-state index is 13.0. The number of rotatable bonds is 4. The van der Waals surface area contributed by atoms with Gasteiger partial charge in [-0.25, -0.2) is 9.67 Å². The predicted octanol–water partition coefficient (Wildman–Crippen LogP) is 3.54. The van der Waals surface area contributed by atoms with Crippen molar-refractivity contribution in [2.75, 3.05) is 20.1 Å². The summed E-state index contributed by atoms with van der Waals surface area (Å²) in [6.07, 6.45) is -0.398. The average Bonchev–Trinajstić information content (AvgIpc) is 3.07. The van der Waals surface area contributed by atoms with Gasteiger partial charge in [-0.05, 0) is 45.7 Å². The Morgan fingerprint density at radius 3 is 2.38 bits per heavy atom. The van der Waals surface area contributed by atoms with Crippen molar-refractivity contribution < 1.29 is 18.0 Å². The number of hydrogen-bond donors (Lipinski definition) is 0. The van der Waals surface area contributed by atoms with Crippen LogP contribution in [0.1, 0.15) is 48.3 Å². The third-order valence-corrected chi connectivity index (χ3v) is 5.63. The van der Waals surface area contributed by atoms with Gasteiger partial charge in [0.2, 0.25) is 0 Å². The van der Waals surface area contributed by atoms with Crippen molar-refractivity contribution >= 4 is 5.91 Å². The quantitative estimate of drug-likeness (QED) is 0.775. The minimum absolute atomic E-state index is 0.136. The molecule has 1 aliphatic rings. The van der Waals surface area contributed by atoms with Crippen molar-refractivity contribution in [2.24, 2.45) is 0 Å². The van der Waals surface area contributed by atoms with E-state index in [0.717, 1.165) is 38.2 Å². The van der Waals surface area contributed by atoms with Crippen molar-refractivity contribution in [1.82, 2.24) is 24.6 Å². The highest BCUT2D eigenvalue weighted by molar-refractivity contribution is 5.95. The second kappa shape index (κ2) is 8.14. The number of alkyl halides is 3. The van der Waals surface area contributed by atoms with Crippen LogP contribution in [0.4, 0.5) is 13.2 Å². The summed E-state index contributed by atoms with van der Waals surface area (Å²) in [5.41, 5.74) is 0.157. The van der Waals surface area contributed by atoms with E-state index < -0.39 is 11.7 Å². The van der Waals surface area contributed by atoms with Crippen LogP contribution in [-0.2, 0) is 6.18 Å². The second-order valence-corrected chi connectivity index (χ2v) is 7.74. The first-order valence-electron chi connectivity index (χ1n) is 9.69. The molecule has 0 spiro atoms. The van der Waals surface area contributed by atoms with Crippen LogP contribution in [0.3, 0.4) is 0 Å². The number of likely N-dealkylation sites (tertiary alicyclic amines) is 1. The van der Waals surface area contributed by atoms with E-state index in [2.05, 4.69) is 28.8 Å². The second-order valence-electron chi connectivity index (χ2n) is 7.74. The number of halogens is 3. The zero-order valence-electron chi connectivity index (χ0n) is 17.1. The van der Waals surface area contributed by atoms with Gasteiger partial charge in [-0.3, -0.25) is 4.79 Å². The van der Waals surface area contributed by atoms with Gasteiger partial charge < -0.3 is 9.80 Å². The molecule has 0 saturated carbocycles. The molecule has 158 valence electrons. The number of amides is 1. The maximum Gasteiger partial charge on any atom is 0.417 e. The van der Waals surface area contributed by atoms with E-state index in [0.29, 0.717) is 17.3 Å². The lowest BCUT2D eigenvalue weighted by Crippen LogP contribution is -2.47. The monoisotopic (exact) mass is 409 g/mol. The Balaban J connectivity index is 1.74. The molecule has 3 rings (SSSR count). The molecule has 0 radical (unpaired) electrons. The molecule has 0 aromatic carbocycles. The van der Waals surface area contributed by atoms with Gasteiger partial charge in [-0.2, -0.15) is 18.3 Å². The first-order chi connectivity index (χ1) is 13.6. The minimum atomic E-state index is -4.44. The van der Waals surface area contributed by atoms with Crippen LogP contribution >= 0.6 is 0 Å².